The van der Waals surface area contributed by atoms with Gasteiger partial charge in [0.15, 0.2) is 0 Å². The molecule has 0 aliphatic rings. The average Bonchev–Trinajstić information content (AvgIpc) is 2.22. The molecule has 0 amide bonds. The molecule has 0 N–H and O–H groups in total. The molecule has 0 aromatic heterocycles. The zero-order chi connectivity index (χ0) is 13.7. The SMILES string of the molecule is CC(=O)OCC(C)C.CCCCCOC(C)=O. The molecule has 0 heterocycles. The highest BCUT2D eigenvalue weighted by Crippen LogP contribution is 1.93. The number of esters is 2. The van der Waals surface area contributed by atoms with Crippen molar-refractivity contribution in [2.24, 2.45) is 5.92 Å². The molecule has 0 atom stereocenters. The second-order valence-corrected chi connectivity index (χ2v) is 4.24. The van der Waals surface area contributed by atoms with Gasteiger partial charge in [-0.1, -0.05) is 33.6 Å². The molecule has 0 aliphatic carbocycles. The lowest BCUT2D eigenvalue weighted by molar-refractivity contribution is -0.142. The summed E-state index contributed by atoms with van der Waals surface area (Å²) in [5.74, 6) is 0.0729. The smallest absolute Gasteiger partial charge is 0.302 e. The van der Waals surface area contributed by atoms with Crippen LogP contribution in [0.3, 0.4) is 0 Å². The third-order valence-electron chi connectivity index (χ3n) is 1.67. The summed E-state index contributed by atoms with van der Waals surface area (Å²) in [7, 11) is 0. The van der Waals surface area contributed by atoms with Crippen molar-refractivity contribution >= 4 is 11.9 Å². The van der Waals surface area contributed by atoms with E-state index < -0.39 is 0 Å². The minimum atomic E-state index is -0.196. The third kappa shape index (κ3) is 25.3. The van der Waals surface area contributed by atoms with Crippen LogP contribution in [0.15, 0.2) is 0 Å². The predicted octanol–water partition coefficient (Wildman–Crippen LogP) is 2.95. The summed E-state index contributed by atoms with van der Waals surface area (Å²) in [6.45, 7) is 10.1. The predicted molar refractivity (Wildman–Crippen MR) is 67.6 cm³/mol. The average molecular weight is 246 g/mol. The van der Waals surface area contributed by atoms with Gasteiger partial charge in [-0.2, -0.15) is 0 Å². The van der Waals surface area contributed by atoms with Crippen molar-refractivity contribution in [3.8, 4) is 0 Å². The minimum absolute atomic E-state index is 0.175. The Bertz CT molecular complexity index is 200. The lowest BCUT2D eigenvalue weighted by atomic mass is 10.2. The fourth-order valence-corrected chi connectivity index (χ4v) is 0.852. The molecule has 0 spiro atoms. The van der Waals surface area contributed by atoms with Crippen LogP contribution < -0.4 is 0 Å². The van der Waals surface area contributed by atoms with E-state index in [4.69, 9.17) is 4.74 Å². The van der Waals surface area contributed by atoms with Crippen molar-refractivity contribution in [3.63, 3.8) is 0 Å². The van der Waals surface area contributed by atoms with Crippen molar-refractivity contribution in [3.05, 3.63) is 0 Å². The maximum Gasteiger partial charge on any atom is 0.302 e. The Morgan fingerprint density at radius 2 is 1.53 bits per heavy atom. The molecule has 0 aromatic carbocycles. The van der Waals surface area contributed by atoms with Crippen LogP contribution in [0.25, 0.3) is 0 Å². The Labute approximate surface area is 105 Å². The topological polar surface area (TPSA) is 52.6 Å². The number of carbonyl (C=O) groups excluding carboxylic acids is 2. The van der Waals surface area contributed by atoms with Crippen LogP contribution in [0.5, 0.6) is 0 Å². The lowest BCUT2D eigenvalue weighted by Crippen LogP contribution is -2.05. The molecule has 0 aromatic rings. The third-order valence-corrected chi connectivity index (χ3v) is 1.67. The van der Waals surface area contributed by atoms with Crippen molar-refractivity contribution in [1.82, 2.24) is 0 Å². The van der Waals surface area contributed by atoms with Gasteiger partial charge in [-0.25, -0.2) is 0 Å². The summed E-state index contributed by atoms with van der Waals surface area (Å²) in [4.78, 5) is 20.3. The zero-order valence-corrected chi connectivity index (χ0v) is 11.7. The highest BCUT2D eigenvalue weighted by Gasteiger charge is 1.94. The van der Waals surface area contributed by atoms with Gasteiger partial charge in [0.25, 0.3) is 0 Å². The van der Waals surface area contributed by atoms with Crippen molar-refractivity contribution in [1.29, 1.82) is 0 Å². The fraction of sp³-hybridized carbons (Fsp3) is 0.846. The second-order valence-electron chi connectivity index (χ2n) is 4.24. The van der Waals surface area contributed by atoms with E-state index in [2.05, 4.69) is 11.7 Å². The summed E-state index contributed by atoms with van der Waals surface area (Å²) >= 11 is 0. The van der Waals surface area contributed by atoms with E-state index >= 15 is 0 Å². The number of unbranched alkanes of at least 4 members (excludes halogenated alkanes) is 2. The minimum Gasteiger partial charge on any atom is -0.466 e. The number of rotatable bonds is 6. The van der Waals surface area contributed by atoms with Crippen LogP contribution >= 0.6 is 0 Å². The summed E-state index contributed by atoms with van der Waals surface area (Å²) in [6.07, 6.45) is 3.31. The van der Waals surface area contributed by atoms with Crippen molar-refractivity contribution < 1.29 is 19.1 Å². The molecule has 0 bridgehead atoms. The van der Waals surface area contributed by atoms with Crippen LogP contribution in [-0.4, -0.2) is 25.2 Å². The number of ether oxygens (including phenoxy) is 2. The van der Waals surface area contributed by atoms with Crippen LogP contribution in [-0.2, 0) is 19.1 Å². The lowest BCUT2D eigenvalue weighted by Gasteiger charge is -2.02. The Kier molecular flexibility index (Phi) is 14.0. The largest absolute Gasteiger partial charge is 0.466 e. The molecular weight excluding hydrogens is 220 g/mol. The van der Waals surface area contributed by atoms with Crippen molar-refractivity contribution in [2.45, 2.75) is 53.9 Å². The Morgan fingerprint density at radius 3 is 1.82 bits per heavy atom. The summed E-state index contributed by atoms with van der Waals surface area (Å²) in [5.41, 5.74) is 0. The molecule has 0 saturated carbocycles. The van der Waals surface area contributed by atoms with Gasteiger partial charge < -0.3 is 9.47 Å². The molecule has 0 rings (SSSR count). The molecule has 0 aliphatic heterocycles. The number of carbonyl (C=O) groups is 2. The molecule has 4 heteroatoms. The van der Waals surface area contributed by atoms with Crippen LogP contribution in [0.4, 0.5) is 0 Å². The van der Waals surface area contributed by atoms with E-state index in [-0.39, 0.29) is 11.9 Å². The summed E-state index contributed by atoms with van der Waals surface area (Å²) in [6, 6.07) is 0. The molecular formula is C13H26O4. The number of hydrogen-bond acceptors (Lipinski definition) is 4. The van der Waals surface area contributed by atoms with Gasteiger partial charge in [0.1, 0.15) is 0 Å². The standard InChI is InChI=1S/C7H14O2.C6H12O2/c1-3-4-5-6-9-7(2)8;1-5(2)4-8-6(3)7/h3-6H2,1-2H3;5H,4H2,1-3H3. The monoisotopic (exact) mass is 246 g/mol. The van der Waals surface area contributed by atoms with Gasteiger partial charge in [-0.3, -0.25) is 9.59 Å². The molecule has 102 valence electrons. The highest BCUT2D eigenvalue weighted by atomic mass is 16.5. The summed E-state index contributed by atoms with van der Waals surface area (Å²) < 4.78 is 9.37. The molecule has 0 radical (unpaired) electrons. The molecule has 17 heavy (non-hydrogen) atoms. The van der Waals surface area contributed by atoms with Gasteiger partial charge in [0.2, 0.25) is 0 Å². The fourth-order valence-electron chi connectivity index (χ4n) is 0.852. The Hall–Kier alpha value is -1.06. The first-order valence-corrected chi connectivity index (χ1v) is 6.16. The quantitative estimate of drug-likeness (QED) is 0.534. The molecule has 0 unspecified atom stereocenters. The van der Waals surface area contributed by atoms with Crippen LogP contribution in [0, 0.1) is 5.92 Å². The first-order chi connectivity index (χ1) is 7.90. The van der Waals surface area contributed by atoms with Gasteiger partial charge in [0, 0.05) is 13.8 Å². The van der Waals surface area contributed by atoms with E-state index in [1.54, 1.807) is 0 Å². The van der Waals surface area contributed by atoms with E-state index in [1.165, 1.54) is 20.3 Å². The van der Waals surface area contributed by atoms with E-state index in [0.717, 1.165) is 12.8 Å². The maximum absolute atomic E-state index is 10.2. The van der Waals surface area contributed by atoms with E-state index in [1.807, 2.05) is 13.8 Å². The number of hydrogen-bond donors (Lipinski definition) is 0. The van der Waals surface area contributed by atoms with Gasteiger partial charge in [0.05, 0.1) is 13.2 Å². The van der Waals surface area contributed by atoms with Crippen LogP contribution in [0.2, 0.25) is 0 Å². The zero-order valence-electron chi connectivity index (χ0n) is 11.7. The first kappa shape index (κ1) is 18.3. The first-order valence-electron chi connectivity index (χ1n) is 6.16. The van der Waals surface area contributed by atoms with Crippen LogP contribution in [0.1, 0.15) is 53.9 Å². The van der Waals surface area contributed by atoms with Gasteiger partial charge in [-0.05, 0) is 12.3 Å². The molecule has 4 nitrogen and oxygen atoms in total. The summed E-state index contributed by atoms with van der Waals surface area (Å²) in [5, 5.41) is 0. The normalized spacial score (nSPS) is 9.29. The van der Waals surface area contributed by atoms with E-state index in [0.29, 0.717) is 19.1 Å². The second kappa shape index (κ2) is 13.0. The van der Waals surface area contributed by atoms with Gasteiger partial charge in [-0.15, -0.1) is 0 Å². The van der Waals surface area contributed by atoms with Crippen molar-refractivity contribution in [2.75, 3.05) is 13.2 Å². The molecule has 0 saturated heterocycles. The maximum atomic E-state index is 10.2. The Morgan fingerprint density at radius 1 is 1.00 bits per heavy atom. The Balaban J connectivity index is 0. The molecule has 0 fully saturated rings. The van der Waals surface area contributed by atoms with E-state index in [9.17, 15) is 9.59 Å². The van der Waals surface area contributed by atoms with Gasteiger partial charge >= 0.3 is 11.9 Å². The highest BCUT2D eigenvalue weighted by molar-refractivity contribution is 5.66.